The monoisotopic (exact) mass is 326 g/mol. The predicted molar refractivity (Wildman–Crippen MR) is 84.2 cm³/mol. The standard InChI is InChI=1S/C15H22N2O4S/c1-3-16(2)22(20,21)17-9-5-8-14(11-17)12-6-4-7-13(10-12)15(18)19/h4,6-7,10,14H,3,5,8-9,11H2,1-2H3,(H,18,19). The molecule has 1 N–H and O–H groups in total. The number of benzene rings is 1. The highest BCUT2D eigenvalue weighted by atomic mass is 32.2. The number of nitrogens with zero attached hydrogens (tertiary/aromatic N) is 2. The molecular formula is C15H22N2O4S. The maximum absolute atomic E-state index is 12.4. The van der Waals surface area contributed by atoms with Crippen LogP contribution >= 0.6 is 0 Å². The Morgan fingerprint density at radius 1 is 1.45 bits per heavy atom. The normalized spacial score (nSPS) is 20.2. The first-order valence-electron chi connectivity index (χ1n) is 7.41. The van der Waals surface area contributed by atoms with E-state index in [1.807, 2.05) is 6.07 Å². The summed E-state index contributed by atoms with van der Waals surface area (Å²) < 4.78 is 27.7. The van der Waals surface area contributed by atoms with Gasteiger partial charge >= 0.3 is 5.97 Å². The van der Waals surface area contributed by atoms with E-state index in [0.717, 1.165) is 18.4 Å². The Hall–Kier alpha value is -1.44. The Morgan fingerprint density at radius 2 is 2.18 bits per heavy atom. The van der Waals surface area contributed by atoms with E-state index in [0.29, 0.717) is 19.6 Å². The molecule has 1 atom stereocenters. The third-order valence-corrected chi connectivity index (χ3v) is 6.18. The van der Waals surface area contributed by atoms with E-state index in [9.17, 15) is 13.2 Å². The number of hydrogen-bond acceptors (Lipinski definition) is 3. The van der Waals surface area contributed by atoms with Gasteiger partial charge in [0, 0.05) is 26.7 Å². The number of carbonyl (C=O) groups is 1. The van der Waals surface area contributed by atoms with Crippen LogP contribution in [0.15, 0.2) is 24.3 Å². The second-order valence-electron chi connectivity index (χ2n) is 5.55. The van der Waals surface area contributed by atoms with Crippen molar-refractivity contribution in [2.24, 2.45) is 0 Å². The molecule has 0 amide bonds. The van der Waals surface area contributed by atoms with Crippen LogP contribution in [-0.4, -0.2) is 54.8 Å². The molecule has 0 aliphatic carbocycles. The van der Waals surface area contributed by atoms with E-state index < -0.39 is 16.2 Å². The second kappa shape index (κ2) is 6.76. The Bertz CT molecular complexity index is 645. The van der Waals surface area contributed by atoms with Crippen LogP contribution in [0.25, 0.3) is 0 Å². The molecule has 1 aliphatic heterocycles. The minimum absolute atomic E-state index is 0.0353. The lowest BCUT2D eigenvalue weighted by Crippen LogP contribution is -2.46. The molecule has 1 saturated heterocycles. The summed E-state index contributed by atoms with van der Waals surface area (Å²) in [7, 11) is -1.86. The van der Waals surface area contributed by atoms with Gasteiger partial charge in [0.2, 0.25) is 0 Å². The molecule has 122 valence electrons. The largest absolute Gasteiger partial charge is 0.478 e. The Balaban J connectivity index is 2.21. The lowest BCUT2D eigenvalue weighted by molar-refractivity contribution is 0.0696. The van der Waals surface area contributed by atoms with Crippen molar-refractivity contribution in [3.8, 4) is 0 Å². The molecule has 6 nitrogen and oxygen atoms in total. The number of rotatable bonds is 5. The van der Waals surface area contributed by atoms with Crippen LogP contribution in [0.2, 0.25) is 0 Å². The van der Waals surface area contributed by atoms with Crippen LogP contribution in [0.3, 0.4) is 0 Å². The summed E-state index contributed by atoms with van der Waals surface area (Å²) in [5.41, 5.74) is 1.13. The van der Waals surface area contributed by atoms with Gasteiger partial charge in [-0.25, -0.2) is 4.79 Å². The zero-order valence-electron chi connectivity index (χ0n) is 12.9. The quantitative estimate of drug-likeness (QED) is 0.894. The van der Waals surface area contributed by atoms with Crippen LogP contribution in [0.5, 0.6) is 0 Å². The van der Waals surface area contributed by atoms with Crippen LogP contribution < -0.4 is 0 Å². The van der Waals surface area contributed by atoms with Crippen molar-refractivity contribution in [3.05, 3.63) is 35.4 Å². The lowest BCUT2D eigenvalue weighted by atomic mass is 9.91. The van der Waals surface area contributed by atoms with Crippen molar-refractivity contribution >= 4 is 16.2 Å². The molecular weight excluding hydrogens is 304 g/mol. The van der Waals surface area contributed by atoms with Crippen LogP contribution in [-0.2, 0) is 10.2 Å². The third kappa shape index (κ3) is 3.48. The first kappa shape index (κ1) is 16.9. The third-order valence-electron chi connectivity index (χ3n) is 4.15. The topological polar surface area (TPSA) is 77.9 Å². The minimum atomic E-state index is -3.43. The van der Waals surface area contributed by atoms with E-state index in [2.05, 4.69) is 0 Å². The summed E-state index contributed by atoms with van der Waals surface area (Å²) in [5, 5.41) is 9.08. The van der Waals surface area contributed by atoms with Gasteiger partial charge in [-0.3, -0.25) is 0 Å². The summed E-state index contributed by atoms with van der Waals surface area (Å²) >= 11 is 0. The summed E-state index contributed by atoms with van der Waals surface area (Å²) in [5.74, 6) is -0.930. The molecule has 1 aromatic carbocycles. The molecule has 0 aromatic heterocycles. The fourth-order valence-corrected chi connectivity index (χ4v) is 4.16. The molecule has 0 bridgehead atoms. The Kier molecular flexibility index (Phi) is 5.20. The van der Waals surface area contributed by atoms with Gasteiger partial charge in [0.15, 0.2) is 0 Å². The van der Waals surface area contributed by atoms with Crippen molar-refractivity contribution in [1.29, 1.82) is 0 Å². The molecule has 1 heterocycles. The molecule has 1 aliphatic rings. The number of piperidine rings is 1. The number of hydrogen-bond donors (Lipinski definition) is 1. The SMILES string of the molecule is CCN(C)S(=O)(=O)N1CCCC(c2cccc(C(=O)O)c2)C1. The maximum atomic E-state index is 12.4. The average Bonchev–Trinajstić information content (AvgIpc) is 2.54. The Labute approximate surface area is 131 Å². The highest BCUT2D eigenvalue weighted by Gasteiger charge is 2.31. The molecule has 1 unspecified atom stereocenters. The lowest BCUT2D eigenvalue weighted by Gasteiger charge is -2.34. The van der Waals surface area contributed by atoms with Gasteiger partial charge in [-0.05, 0) is 36.5 Å². The molecule has 0 saturated carbocycles. The van der Waals surface area contributed by atoms with E-state index in [1.54, 1.807) is 32.2 Å². The van der Waals surface area contributed by atoms with Gasteiger partial charge in [-0.1, -0.05) is 19.1 Å². The molecule has 7 heteroatoms. The van der Waals surface area contributed by atoms with Gasteiger partial charge < -0.3 is 5.11 Å². The molecule has 0 radical (unpaired) electrons. The second-order valence-corrected chi connectivity index (χ2v) is 7.59. The minimum Gasteiger partial charge on any atom is -0.478 e. The fraction of sp³-hybridized carbons (Fsp3) is 0.533. The first-order valence-corrected chi connectivity index (χ1v) is 8.80. The molecule has 0 spiro atoms. The summed E-state index contributed by atoms with van der Waals surface area (Å²) in [6, 6.07) is 6.78. The summed E-state index contributed by atoms with van der Waals surface area (Å²) in [4.78, 5) is 11.1. The molecule has 1 aromatic rings. The number of carboxylic acid groups (broad SMARTS) is 1. The molecule has 1 fully saturated rings. The van der Waals surface area contributed by atoms with Gasteiger partial charge in [0.1, 0.15) is 0 Å². The smallest absolute Gasteiger partial charge is 0.335 e. The van der Waals surface area contributed by atoms with Gasteiger partial charge in [0.05, 0.1) is 5.56 Å². The van der Waals surface area contributed by atoms with E-state index in [4.69, 9.17) is 5.11 Å². The molecule has 22 heavy (non-hydrogen) atoms. The van der Waals surface area contributed by atoms with E-state index >= 15 is 0 Å². The average molecular weight is 326 g/mol. The maximum Gasteiger partial charge on any atom is 0.335 e. The van der Waals surface area contributed by atoms with Crippen molar-refractivity contribution in [3.63, 3.8) is 0 Å². The van der Waals surface area contributed by atoms with Crippen molar-refractivity contribution < 1.29 is 18.3 Å². The van der Waals surface area contributed by atoms with Crippen molar-refractivity contribution in [2.75, 3.05) is 26.7 Å². The van der Waals surface area contributed by atoms with Crippen LogP contribution in [0, 0.1) is 0 Å². The van der Waals surface area contributed by atoms with Gasteiger partial charge in [-0.2, -0.15) is 17.0 Å². The zero-order chi connectivity index (χ0) is 16.3. The van der Waals surface area contributed by atoms with Gasteiger partial charge in [0.25, 0.3) is 10.2 Å². The predicted octanol–water partition coefficient (Wildman–Crippen LogP) is 1.76. The van der Waals surface area contributed by atoms with Crippen LogP contribution in [0.1, 0.15) is 41.6 Å². The van der Waals surface area contributed by atoms with E-state index in [-0.39, 0.29) is 11.5 Å². The Morgan fingerprint density at radius 3 is 2.82 bits per heavy atom. The number of aromatic carboxylic acids is 1. The van der Waals surface area contributed by atoms with E-state index in [1.165, 1.54) is 8.61 Å². The van der Waals surface area contributed by atoms with Gasteiger partial charge in [-0.15, -0.1) is 0 Å². The fourth-order valence-electron chi connectivity index (χ4n) is 2.71. The summed E-state index contributed by atoms with van der Waals surface area (Å²) in [6.45, 7) is 3.14. The molecule has 2 rings (SSSR count). The highest BCUT2D eigenvalue weighted by molar-refractivity contribution is 7.86. The first-order chi connectivity index (χ1) is 10.4. The van der Waals surface area contributed by atoms with Crippen LogP contribution in [0.4, 0.5) is 0 Å². The number of carboxylic acids is 1. The zero-order valence-corrected chi connectivity index (χ0v) is 13.7. The summed E-state index contributed by atoms with van der Waals surface area (Å²) in [6.07, 6.45) is 1.64. The van der Waals surface area contributed by atoms with Crippen molar-refractivity contribution in [1.82, 2.24) is 8.61 Å². The van der Waals surface area contributed by atoms with Crippen molar-refractivity contribution in [2.45, 2.75) is 25.7 Å². The highest BCUT2D eigenvalue weighted by Crippen LogP contribution is 2.29.